The lowest BCUT2D eigenvalue weighted by Crippen LogP contribution is -2.33. The van der Waals surface area contributed by atoms with Crippen molar-refractivity contribution in [2.24, 2.45) is 0 Å². The molecular weight excluding hydrogens is 246 g/mol. The maximum absolute atomic E-state index is 12.1. The van der Waals surface area contributed by atoms with E-state index in [1.54, 1.807) is 27.9 Å². The van der Waals surface area contributed by atoms with Gasteiger partial charge in [0.1, 0.15) is 5.82 Å². The molecule has 3 heterocycles. The Morgan fingerprint density at radius 1 is 1.63 bits per heavy atom. The van der Waals surface area contributed by atoms with Gasteiger partial charge >= 0.3 is 6.03 Å². The maximum Gasteiger partial charge on any atom is 0.345 e. The third-order valence-corrected chi connectivity index (χ3v) is 3.14. The molecule has 2 amide bonds. The van der Waals surface area contributed by atoms with Crippen LogP contribution in [0.3, 0.4) is 0 Å². The number of nitrogen functional groups attached to an aromatic ring is 1. The van der Waals surface area contributed by atoms with Gasteiger partial charge in [-0.25, -0.2) is 9.48 Å². The highest BCUT2D eigenvalue weighted by molar-refractivity contribution is 5.80. The number of hydroxylamine groups is 2. The second-order valence-corrected chi connectivity index (χ2v) is 4.48. The van der Waals surface area contributed by atoms with E-state index in [9.17, 15) is 4.79 Å². The Bertz CT molecular complexity index is 550. The van der Waals surface area contributed by atoms with Gasteiger partial charge in [0, 0.05) is 18.8 Å². The molecule has 2 bridgehead atoms. The summed E-state index contributed by atoms with van der Waals surface area (Å²) in [6.45, 7) is 5.03. The van der Waals surface area contributed by atoms with Crippen LogP contribution in [0.1, 0.15) is 0 Å². The van der Waals surface area contributed by atoms with Gasteiger partial charge in [-0.05, 0) is 6.08 Å². The number of rotatable bonds is 4. The van der Waals surface area contributed by atoms with Crippen LogP contribution >= 0.6 is 0 Å². The number of urea groups is 1. The van der Waals surface area contributed by atoms with Crippen LogP contribution in [0.5, 0.6) is 0 Å². The highest BCUT2D eigenvalue weighted by Gasteiger charge is 2.41. The van der Waals surface area contributed by atoms with E-state index >= 15 is 0 Å². The molecule has 0 aliphatic carbocycles. The smallest absolute Gasteiger partial charge is 0.345 e. The van der Waals surface area contributed by atoms with E-state index in [0.29, 0.717) is 25.5 Å². The summed E-state index contributed by atoms with van der Waals surface area (Å²) in [6.07, 6.45) is 5.38. The summed E-state index contributed by atoms with van der Waals surface area (Å²) in [5.41, 5.74) is 6.53. The number of fused-ring (bicyclic) bond motifs is 2. The van der Waals surface area contributed by atoms with Gasteiger partial charge in [-0.1, -0.05) is 6.08 Å². The van der Waals surface area contributed by atoms with Gasteiger partial charge in [-0.3, -0.25) is 4.84 Å². The zero-order valence-corrected chi connectivity index (χ0v) is 10.4. The molecule has 0 spiro atoms. The molecule has 100 valence electrons. The first kappa shape index (κ1) is 11.8. The van der Waals surface area contributed by atoms with Crippen molar-refractivity contribution in [3.63, 3.8) is 0 Å². The highest BCUT2D eigenvalue weighted by Crippen LogP contribution is 2.26. The number of carbonyl (C=O) groups is 1. The van der Waals surface area contributed by atoms with Crippen molar-refractivity contribution in [1.29, 1.82) is 0 Å². The largest absolute Gasteiger partial charge is 0.382 e. The molecule has 0 aromatic carbocycles. The number of nitrogens with two attached hydrogens (primary N) is 1. The molecule has 1 atom stereocenters. The first-order valence-electron chi connectivity index (χ1n) is 6.03. The molecule has 0 saturated carbocycles. The van der Waals surface area contributed by atoms with E-state index in [1.165, 1.54) is 5.06 Å². The standard InChI is InChI=1S/C12H15N5O2/c1-2-5-19-17-10-6-9(7-15(8-10)12(17)18)16-4-3-11(13)14-16/h2-4,6,10H,1,5,7-8H2,(H2,13,14). The van der Waals surface area contributed by atoms with Crippen molar-refractivity contribution in [3.05, 3.63) is 31.0 Å². The van der Waals surface area contributed by atoms with Gasteiger partial charge in [-0.2, -0.15) is 10.2 Å². The molecule has 7 heteroatoms. The number of amides is 2. The van der Waals surface area contributed by atoms with Gasteiger partial charge in [-0.15, -0.1) is 6.58 Å². The average Bonchev–Trinajstić information content (AvgIpc) is 2.92. The summed E-state index contributed by atoms with van der Waals surface area (Å²) >= 11 is 0. The summed E-state index contributed by atoms with van der Waals surface area (Å²) < 4.78 is 1.69. The van der Waals surface area contributed by atoms with Gasteiger partial charge < -0.3 is 10.6 Å². The minimum absolute atomic E-state index is 0.0957. The third-order valence-electron chi connectivity index (χ3n) is 3.14. The van der Waals surface area contributed by atoms with Crippen molar-refractivity contribution < 1.29 is 9.63 Å². The number of hydrogen-bond donors (Lipinski definition) is 1. The molecule has 2 N–H and O–H groups in total. The fourth-order valence-electron chi connectivity index (χ4n) is 2.31. The molecule has 3 rings (SSSR count). The minimum atomic E-state index is -0.127. The van der Waals surface area contributed by atoms with E-state index < -0.39 is 0 Å². The van der Waals surface area contributed by atoms with Gasteiger partial charge in [0.15, 0.2) is 0 Å². The van der Waals surface area contributed by atoms with E-state index in [-0.39, 0.29) is 12.1 Å². The van der Waals surface area contributed by atoms with Crippen LogP contribution in [0.15, 0.2) is 31.0 Å². The minimum Gasteiger partial charge on any atom is -0.382 e. The van der Waals surface area contributed by atoms with Gasteiger partial charge in [0.25, 0.3) is 0 Å². The lowest BCUT2D eigenvalue weighted by Gasteiger charge is -2.21. The quantitative estimate of drug-likeness (QED) is 0.803. The topological polar surface area (TPSA) is 76.6 Å². The maximum atomic E-state index is 12.1. The molecular formula is C12H15N5O2. The third kappa shape index (κ3) is 1.97. The van der Waals surface area contributed by atoms with Crippen LogP contribution < -0.4 is 5.73 Å². The molecule has 2 aliphatic heterocycles. The number of aromatic nitrogens is 2. The summed E-state index contributed by atoms with van der Waals surface area (Å²) in [5.74, 6) is 0.458. The molecule has 19 heavy (non-hydrogen) atoms. The molecule has 1 saturated heterocycles. The van der Waals surface area contributed by atoms with E-state index in [4.69, 9.17) is 10.6 Å². The van der Waals surface area contributed by atoms with Crippen molar-refractivity contribution >= 4 is 17.5 Å². The predicted octanol–water partition coefficient (Wildman–Crippen LogP) is 0.544. The summed E-state index contributed by atoms with van der Waals surface area (Å²) in [6, 6.07) is 1.50. The van der Waals surface area contributed by atoms with Crippen LogP contribution in [0, 0.1) is 0 Å². The number of nitrogens with zero attached hydrogens (tertiary/aromatic N) is 4. The molecule has 1 aromatic heterocycles. The first-order chi connectivity index (χ1) is 9.19. The second-order valence-electron chi connectivity index (χ2n) is 4.48. The Morgan fingerprint density at radius 3 is 3.16 bits per heavy atom. The van der Waals surface area contributed by atoms with E-state index in [1.807, 2.05) is 6.08 Å². The molecule has 7 nitrogen and oxygen atoms in total. The van der Waals surface area contributed by atoms with Crippen molar-refractivity contribution in [2.75, 3.05) is 25.4 Å². The lowest BCUT2D eigenvalue weighted by atomic mass is 10.2. The Labute approximate surface area is 110 Å². The Balaban J connectivity index is 1.84. The van der Waals surface area contributed by atoms with Crippen LogP contribution in [0.4, 0.5) is 10.6 Å². The summed E-state index contributed by atoms with van der Waals surface area (Å²) in [7, 11) is 0. The molecule has 1 unspecified atom stereocenters. The molecule has 2 aliphatic rings. The zero-order chi connectivity index (χ0) is 13.4. The Hall–Kier alpha value is -2.28. The van der Waals surface area contributed by atoms with Crippen LogP contribution in [-0.2, 0) is 4.84 Å². The fraction of sp³-hybridized carbons (Fsp3) is 0.333. The summed E-state index contributed by atoms with van der Waals surface area (Å²) in [5, 5.41) is 5.55. The molecule has 1 fully saturated rings. The second kappa shape index (κ2) is 4.43. The van der Waals surface area contributed by atoms with Crippen molar-refractivity contribution in [3.8, 4) is 0 Å². The van der Waals surface area contributed by atoms with E-state index in [0.717, 1.165) is 5.70 Å². The average molecular weight is 261 g/mol. The monoisotopic (exact) mass is 261 g/mol. The molecule has 0 radical (unpaired) electrons. The fourth-order valence-corrected chi connectivity index (χ4v) is 2.31. The van der Waals surface area contributed by atoms with Gasteiger partial charge in [0.2, 0.25) is 0 Å². The number of carbonyl (C=O) groups excluding carboxylic acids is 1. The highest BCUT2D eigenvalue weighted by atomic mass is 16.7. The van der Waals surface area contributed by atoms with E-state index in [2.05, 4.69) is 11.7 Å². The normalized spacial score (nSPS) is 21.8. The van der Waals surface area contributed by atoms with Crippen molar-refractivity contribution in [1.82, 2.24) is 19.7 Å². The zero-order valence-electron chi connectivity index (χ0n) is 10.4. The van der Waals surface area contributed by atoms with Gasteiger partial charge in [0.05, 0.1) is 24.9 Å². The number of anilines is 1. The van der Waals surface area contributed by atoms with Crippen LogP contribution in [0.2, 0.25) is 0 Å². The Morgan fingerprint density at radius 2 is 2.47 bits per heavy atom. The predicted molar refractivity (Wildman–Crippen MR) is 69.7 cm³/mol. The summed E-state index contributed by atoms with van der Waals surface area (Å²) in [4.78, 5) is 19.2. The first-order valence-corrected chi connectivity index (χ1v) is 6.03. The lowest BCUT2D eigenvalue weighted by molar-refractivity contribution is -0.107. The number of hydrogen-bond acceptors (Lipinski definition) is 4. The molecule has 1 aromatic rings. The van der Waals surface area contributed by atoms with Crippen molar-refractivity contribution in [2.45, 2.75) is 6.04 Å². The van der Waals surface area contributed by atoms with Crippen LogP contribution in [-0.4, -0.2) is 51.5 Å². The SMILES string of the molecule is C=CCON1C(=O)N2CC(n3ccc(N)n3)=CC1C2. The Kier molecular flexibility index (Phi) is 2.75. The van der Waals surface area contributed by atoms with Crippen LogP contribution in [0.25, 0.3) is 5.70 Å².